The Morgan fingerprint density at radius 2 is 1.93 bits per heavy atom. The number of phenols is 1. The molecule has 1 fully saturated rings. The number of aromatic hydroxyl groups is 1. The monoisotopic (exact) mass is 381 g/mol. The molecular weight excluding hydrogens is 358 g/mol. The molecule has 3 rings (SSSR count). The summed E-state index contributed by atoms with van der Waals surface area (Å²) in [6.07, 6.45) is 4.65. The van der Waals surface area contributed by atoms with Gasteiger partial charge in [-0.05, 0) is 43.5 Å². The first-order chi connectivity index (χ1) is 13.7. The molecule has 1 heterocycles. The third kappa shape index (κ3) is 4.22. The molecule has 1 amide bonds. The lowest BCUT2D eigenvalue weighted by Crippen LogP contribution is -2.44. The predicted molar refractivity (Wildman–Crippen MR) is 104 cm³/mol. The van der Waals surface area contributed by atoms with E-state index < -0.39 is 0 Å². The maximum absolute atomic E-state index is 13.0. The minimum Gasteiger partial charge on any atom is -0.507 e. The molecule has 2 aromatic rings. The standard InChI is InChI=1S/C22H23NO5/c24-14-16-6-1-2-10-21(16)28-13-11-17-7-3-4-12-23(17)22(27)18-8-5-9-20(26)19(18)15-25/h1-2,5-6,8-10,14-15,17,26H,3-4,7,11-13H2/t17-/m0/s1. The van der Waals surface area contributed by atoms with Gasteiger partial charge in [0.1, 0.15) is 11.5 Å². The molecule has 0 spiro atoms. The van der Waals surface area contributed by atoms with E-state index in [4.69, 9.17) is 4.74 Å². The van der Waals surface area contributed by atoms with Gasteiger partial charge in [-0.1, -0.05) is 18.2 Å². The van der Waals surface area contributed by atoms with E-state index in [1.54, 1.807) is 35.2 Å². The molecule has 0 aromatic heterocycles. The van der Waals surface area contributed by atoms with Crippen LogP contribution in [0.2, 0.25) is 0 Å². The lowest BCUT2D eigenvalue weighted by molar-refractivity contribution is 0.0578. The highest BCUT2D eigenvalue weighted by atomic mass is 16.5. The molecular formula is C22H23NO5. The van der Waals surface area contributed by atoms with E-state index in [0.717, 1.165) is 25.5 Å². The summed E-state index contributed by atoms with van der Waals surface area (Å²) in [4.78, 5) is 37.2. The summed E-state index contributed by atoms with van der Waals surface area (Å²) < 4.78 is 5.76. The Labute approximate surface area is 163 Å². The zero-order valence-electron chi connectivity index (χ0n) is 15.5. The normalized spacial score (nSPS) is 16.4. The van der Waals surface area contributed by atoms with Gasteiger partial charge in [-0.25, -0.2) is 0 Å². The lowest BCUT2D eigenvalue weighted by atomic mass is 9.97. The van der Waals surface area contributed by atoms with Crippen molar-refractivity contribution in [3.8, 4) is 11.5 Å². The highest BCUT2D eigenvalue weighted by Crippen LogP contribution is 2.26. The van der Waals surface area contributed by atoms with E-state index in [9.17, 15) is 19.5 Å². The molecule has 6 nitrogen and oxygen atoms in total. The van der Waals surface area contributed by atoms with Gasteiger partial charge in [0, 0.05) is 19.0 Å². The third-order valence-electron chi connectivity index (χ3n) is 5.07. The Balaban J connectivity index is 1.70. The van der Waals surface area contributed by atoms with Crippen LogP contribution in [-0.4, -0.2) is 47.7 Å². The number of aldehydes is 2. The van der Waals surface area contributed by atoms with E-state index in [2.05, 4.69) is 0 Å². The molecule has 1 aliphatic rings. The van der Waals surface area contributed by atoms with Gasteiger partial charge in [0.2, 0.25) is 0 Å². The second kappa shape index (κ2) is 9.17. The summed E-state index contributed by atoms with van der Waals surface area (Å²) in [6, 6.07) is 11.5. The van der Waals surface area contributed by atoms with Gasteiger partial charge < -0.3 is 14.7 Å². The highest BCUT2D eigenvalue weighted by molar-refractivity contribution is 6.03. The Morgan fingerprint density at radius 1 is 1.11 bits per heavy atom. The highest BCUT2D eigenvalue weighted by Gasteiger charge is 2.29. The topological polar surface area (TPSA) is 83.9 Å². The van der Waals surface area contributed by atoms with E-state index in [0.29, 0.717) is 37.2 Å². The van der Waals surface area contributed by atoms with Crippen molar-refractivity contribution in [2.24, 2.45) is 0 Å². The van der Waals surface area contributed by atoms with Crippen molar-refractivity contribution in [3.63, 3.8) is 0 Å². The number of likely N-dealkylation sites (tertiary alicyclic amines) is 1. The van der Waals surface area contributed by atoms with Crippen molar-refractivity contribution in [2.75, 3.05) is 13.2 Å². The molecule has 0 saturated carbocycles. The van der Waals surface area contributed by atoms with Crippen LogP contribution in [-0.2, 0) is 0 Å². The molecule has 0 aliphatic carbocycles. The van der Waals surface area contributed by atoms with Gasteiger partial charge in [0.05, 0.1) is 23.3 Å². The van der Waals surface area contributed by atoms with Crippen LogP contribution in [0, 0.1) is 0 Å². The number of piperidine rings is 1. The fraction of sp³-hybridized carbons (Fsp3) is 0.318. The fourth-order valence-electron chi connectivity index (χ4n) is 3.60. The number of nitrogens with zero attached hydrogens (tertiary/aromatic N) is 1. The van der Waals surface area contributed by atoms with Gasteiger partial charge in [0.15, 0.2) is 12.6 Å². The molecule has 146 valence electrons. The number of phenolic OH excluding ortho intramolecular Hbond substituents is 1. The number of para-hydroxylation sites is 1. The Morgan fingerprint density at radius 3 is 2.71 bits per heavy atom. The van der Waals surface area contributed by atoms with Crippen molar-refractivity contribution in [3.05, 3.63) is 59.2 Å². The molecule has 0 radical (unpaired) electrons. The Kier molecular flexibility index (Phi) is 6.42. The van der Waals surface area contributed by atoms with E-state index in [1.807, 2.05) is 6.07 Å². The minimum absolute atomic E-state index is 0.0213. The number of ether oxygens (including phenoxy) is 1. The average Bonchev–Trinajstić information content (AvgIpc) is 2.73. The number of hydrogen-bond acceptors (Lipinski definition) is 5. The summed E-state index contributed by atoms with van der Waals surface area (Å²) in [7, 11) is 0. The molecule has 0 bridgehead atoms. The Bertz CT molecular complexity index is 864. The average molecular weight is 381 g/mol. The molecule has 1 aliphatic heterocycles. The van der Waals surface area contributed by atoms with Crippen LogP contribution in [0.15, 0.2) is 42.5 Å². The van der Waals surface area contributed by atoms with Gasteiger partial charge in [0.25, 0.3) is 5.91 Å². The van der Waals surface area contributed by atoms with Crippen molar-refractivity contribution in [1.29, 1.82) is 0 Å². The SMILES string of the molecule is O=Cc1ccccc1OCC[C@@H]1CCCCN1C(=O)c1cccc(O)c1C=O. The molecule has 1 saturated heterocycles. The van der Waals surface area contributed by atoms with Crippen molar-refractivity contribution >= 4 is 18.5 Å². The second-order valence-corrected chi connectivity index (χ2v) is 6.80. The van der Waals surface area contributed by atoms with Gasteiger partial charge in [-0.15, -0.1) is 0 Å². The first kappa shape index (κ1) is 19.6. The van der Waals surface area contributed by atoms with Gasteiger partial charge in [-0.2, -0.15) is 0 Å². The summed E-state index contributed by atoms with van der Waals surface area (Å²) in [5.74, 6) is 0.0848. The number of hydrogen-bond donors (Lipinski definition) is 1. The lowest BCUT2D eigenvalue weighted by Gasteiger charge is -2.36. The van der Waals surface area contributed by atoms with E-state index in [1.165, 1.54) is 6.07 Å². The number of benzene rings is 2. The maximum atomic E-state index is 13.0. The van der Waals surface area contributed by atoms with Crippen LogP contribution >= 0.6 is 0 Å². The van der Waals surface area contributed by atoms with Gasteiger partial charge >= 0.3 is 0 Å². The Hall–Kier alpha value is -3.15. The largest absolute Gasteiger partial charge is 0.507 e. The third-order valence-corrected chi connectivity index (χ3v) is 5.07. The van der Waals surface area contributed by atoms with Gasteiger partial charge in [-0.3, -0.25) is 14.4 Å². The molecule has 6 heteroatoms. The molecule has 1 N–H and O–H groups in total. The summed E-state index contributed by atoms with van der Waals surface area (Å²) in [6.45, 7) is 0.974. The van der Waals surface area contributed by atoms with E-state index >= 15 is 0 Å². The van der Waals surface area contributed by atoms with Crippen molar-refractivity contribution in [2.45, 2.75) is 31.7 Å². The minimum atomic E-state index is -0.254. The smallest absolute Gasteiger partial charge is 0.254 e. The van der Waals surface area contributed by atoms with Crippen molar-refractivity contribution in [1.82, 2.24) is 4.90 Å². The van der Waals surface area contributed by atoms with Crippen LogP contribution in [0.1, 0.15) is 56.8 Å². The molecule has 2 aromatic carbocycles. The summed E-state index contributed by atoms with van der Waals surface area (Å²) >= 11 is 0. The maximum Gasteiger partial charge on any atom is 0.254 e. The number of amides is 1. The molecule has 0 unspecified atom stereocenters. The predicted octanol–water partition coefficient (Wildman–Crippen LogP) is 3.48. The summed E-state index contributed by atoms with van der Waals surface area (Å²) in [5, 5.41) is 9.87. The zero-order valence-corrected chi connectivity index (χ0v) is 15.5. The quantitative estimate of drug-likeness (QED) is 0.743. The van der Waals surface area contributed by atoms with Crippen LogP contribution < -0.4 is 4.74 Å². The first-order valence-electron chi connectivity index (χ1n) is 9.41. The number of carbonyl (C=O) groups is 3. The van der Waals surface area contributed by atoms with Crippen molar-refractivity contribution < 1.29 is 24.2 Å². The van der Waals surface area contributed by atoms with E-state index in [-0.39, 0.29) is 28.8 Å². The zero-order chi connectivity index (χ0) is 19.9. The number of carbonyl (C=O) groups excluding carboxylic acids is 3. The van der Waals surface area contributed by atoms with Crippen LogP contribution in [0.25, 0.3) is 0 Å². The second-order valence-electron chi connectivity index (χ2n) is 6.80. The first-order valence-corrected chi connectivity index (χ1v) is 9.41. The fourth-order valence-corrected chi connectivity index (χ4v) is 3.60. The molecule has 28 heavy (non-hydrogen) atoms. The van der Waals surface area contributed by atoms with Crippen LogP contribution in [0.5, 0.6) is 11.5 Å². The number of rotatable bonds is 7. The molecule has 1 atom stereocenters. The summed E-state index contributed by atoms with van der Waals surface area (Å²) in [5.41, 5.74) is 0.733. The van der Waals surface area contributed by atoms with Crippen LogP contribution in [0.3, 0.4) is 0 Å². The van der Waals surface area contributed by atoms with Crippen LogP contribution in [0.4, 0.5) is 0 Å².